The van der Waals surface area contributed by atoms with Crippen molar-refractivity contribution < 1.29 is 4.42 Å². The monoisotopic (exact) mass is 624 g/mol. The molecule has 3 heterocycles. The van der Waals surface area contributed by atoms with Gasteiger partial charge in [0.15, 0.2) is 5.58 Å². The predicted octanol–water partition coefficient (Wildman–Crippen LogP) is 12.6. The number of fused-ring (bicyclic) bond motifs is 11. The van der Waals surface area contributed by atoms with Crippen LogP contribution in [0, 0.1) is 0 Å². The maximum atomic E-state index is 6.66. The number of aromatic nitrogens is 2. The van der Waals surface area contributed by atoms with E-state index in [2.05, 4.69) is 173 Å². The molecule has 0 spiro atoms. The van der Waals surface area contributed by atoms with Crippen LogP contribution in [0.4, 0.5) is 0 Å². The van der Waals surface area contributed by atoms with Gasteiger partial charge in [-0.2, -0.15) is 0 Å². The minimum absolute atomic E-state index is 0.906. The van der Waals surface area contributed by atoms with E-state index < -0.39 is 0 Å². The highest BCUT2D eigenvalue weighted by molar-refractivity contribution is 6.22. The molecule has 0 fully saturated rings. The van der Waals surface area contributed by atoms with Gasteiger partial charge in [0.2, 0.25) is 0 Å². The van der Waals surface area contributed by atoms with E-state index in [1.807, 2.05) is 6.07 Å². The van der Waals surface area contributed by atoms with E-state index in [-0.39, 0.29) is 0 Å². The van der Waals surface area contributed by atoms with E-state index in [4.69, 9.17) is 4.42 Å². The summed E-state index contributed by atoms with van der Waals surface area (Å²) in [5.74, 6) is 0. The van der Waals surface area contributed by atoms with E-state index in [1.165, 1.54) is 60.2 Å². The van der Waals surface area contributed by atoms with Gasteiger partial charge in [-0.3, -0.25) is 0 Å². The Bertz CT molecular complexity index is 3100. The number of hydrogen-bond acceptors (Lipinski definition) is 1. The molecule has 0 unspecified atom stereocenters. The highest BCUT2D eigenvalue weighted by Gasteiger charge is 2.20. The van der Waals surface area contributed by atoms with Gasteiger partial charge in [0.25, 0.3) is 0 Å². The third kappa shape index (κ3) is 3.78. The summed E-state index contributed by atoms with van der Waals surface area (Å²) < 4.78 is 11.4. The Balaban J connectivity index is 1.18. The molecule has 3 nitrogen and oxygen atoms in total. The first-order chi connectivity index (χ1) is 24.3. The third-order valence-electron chi connectivity index (χ3n) is 10.3. The van der Waals surface area contributed by atoms with Crippen LogP contribution in [-0.2, 0) is 0 Å². The number of para-hydroxylation sites is 3. The zero-order valence-corrected chi connectivity index (χ0v) is 26.5. The minimum atomic E-state index is 0.906. The summed E-state index contributed by atoms with van der Waals surface area (Å²) in [6, 6.07) is 61.3. The van der Waals surface area contributed by atoms with Crippen LogP contribution in [0.3, 0.4) is 0 Å². The summed E-state index contributed by atoms with van der Waals surface area (Å²) in [5.41, 5.74) is 11.2. The summed E-state index contributed by atoms with van der Waals surface area (Å²) in [5, 5.41) is 9.60. The van der Waals surface area contributed by atoms with E-state index in [0.717, 1.165) is 38.7 Å². The van der Waals surface area contributed by atoms with Crippen molar-refractivity contribution in [2.75, 3.05) is 0 Å². The van der Waals surface area contributed by atoms with Gasteiger partial charge in [-0.25, -0.2) is 0 Å². The number of hydrogen-bond donors (Lipinski definition) is 0. The fourth-order valence-corrected chi connectivity index (χ4v) is 8.05. The molecule has 0 amide bonds. The van der Waals surface area contributed by atoms with Crippen molar-refractivity contribution in [3.05, 3.63) is 170 Å². The molecule has 0 aliphatic carbocycles. The first kappa shape index (κ1) is 26.5. The molecule has 0 atom stereocenters. The highest BCUT2D eigenvalue weighted by Crippen LogP contribution is 2.42. The lowest BCUT2D eigenvalue weighted by Crippen LogP contribution is -1.94. The van der Waals surface area contributed by atoms with Crippen LogP contribution in [-0.4, -0.2) is 9.13 Å². The van der Waals surface area contributed by atoms with E-state index in [0.29, 0.717) is 0 Å². The number of nitrogens with zero attached hydrogens (tertiary/aromatic N) is 2. The van der Waals surface area contributed by atoms with Crippen LogP contribution in [0.1, 0.15) is 0 Å². The van der Waals surface area contributed by atoms with Crippen molar-refractivity contribution in [1.29, 1.82) is 0 Å². The lowest BCUT2D eigenvalue weighted by Gasteiger charge is -2.10. The quantitative estimate of drug-likeness (QED) is 0.192. The molecule has 228 valence electrons. The zero-order valence-electron chi connectivity index (χ0n) is 26.5. The Morgan fingerprint density at radius 3 is 1.82 bits per heavy atom. The van der Waals surface area contributed by atoms with Crippen LogP contribution >= 0.6 is 0 Å². The molecule has 11 aromatic rings. The Morgan fingerprint density at radius 1 is 0.347 bits per heavy atom. The molecule has 49 heavy (non-hydrogen) atoms. The molecular weight excluding hydrogens is 597 g/mol. The Labute approximate surface area is 281 Å². The molecule has 3 aromatic heterocycles. The van der Waals surface area contributed by atoms with Gasteiger partial charge in [-0.15, -0.1) is 0 Å². The molecule has 0 saturated carbocycles. The van der Waals surface area contributed by atoms with E-state index in [9.17, 15) is 0 Å². The van der Waals surface area contributed by atoms with E-state index >= 15 is 0 Å². The second-order valence-electron chi connectivity index (χ2n) is 13.0. The molecule has 11 rings (SSSR count). The number of benzene rings is 8. The fourth-order valence-electron chi connectivity index (χ4n) is 8.05. The summed E-state index contributed by atoms with van der Waals surface area (Å²) in [6.45, 7) is 0. The maximum absolute atomic E-state index is 6.66. The summed E-state index contributed by atoms with van der Waals surface area (Å²) in [4.78, 5) is 0. The molecule has 0 N–H and O–H groups in total. The smallest absolute Gasteiger partial charge is 0.160 e. The molecule has 0 aliphatic heterocycles. The molecule has 0 aliphatic rings. The van der Waals surface area contributed by atoms with Crippen molar-refractivity contribution in [3.8, 4) is 22.5 Å². The maximum Gasteiger partial charge on any atom is 0.160 e. The second kappa shape index (κ2) is 9.96. The minimum Gasteiger partial charge on any atom is -0.454 e. The molecular formula is C46H28N2O. The topological polar surface area (TPSA) is 23.0 Å². The standard InChI is InChI=1S/C46H28N2O/c1-2-12-33(13-3-1)47-41-16-8-6-14-35(41)39-27-31(19-24-42(39)47)32-20-25-43-40(28-32)37-22-23-38-36-15-7-9-17-44(36)49-46(38)45(37)48(43)34-21-18-29-10-4-5-11-30(29)26-34/h1-28H. The van der Waals surface area contributed by atoms with Crippen molar-refractivity contribution in [1.82, 2.24) is 9.13 Å². The lowest BCUT2D eigenvalue weighted by molar-refractivity contribution is 0.671. The predicted molar refractivity (Wildman–Crippen MR) is 205 cm³/mol. The van der Waals surface area contributed by atoms with Crippen molar-refractivity contribution in [2.24, 2.45) is 0 Å². The largest absolute Gasteiger partial charge is 0.454 e. The Kier molecular flexibility index (Phi) is 5.38. The van der Waals surface area contributed by atoms with Gasteiger partial charge in [0.05, 0.1) is 22.1 Å². The SMILES string of the molecule is c1ccc(-n2c3ccccc3c3cc(-c4ccc5c(c4)c4ccc6c7ccccc7oc6c4n5-c4ccc5ccccc5c4)ccc32)cc1. The third-order valence-corrected chi connectivity index (χ3v) is 10.3. The molecule has 8 aromatic carbocycles. The van der Waals surface area contributed by atoms with Crippen LogP contribution in [0.15, 0.2) is 174 Å². The Morgan fingerprint density at radius 2 is 0.980 bits per heavy atom. The molecule has 0 bridgehead atoms. The van der Waals surface area contributed by atoms with Crippen LogP contribution in [0.2, 0.25) is 0 Å². The number of furan rings is 1. The fraction of sp³-hybridized carbons (Fsp3) is 0. The summed E-state index contributed by atoms with van der Waals surface area (Å²) in [6.07, 6.45) is 0. The van der Waals surface area contributed by atoms with E-state index in [1.54, 1.807) is 0 Å². The first-order valence-corrected chi connectivity index (χ1v) is 16.8. The molecule has 0 radical (unpaired) electrons. The first-order valence-electron chi connectivity index (χ1n) is 16.8. The van der Waals surface area contributed by atoms with Gasteiger partial charge >= 0.3 is 0 Å². The second-order valence-corrected chi connectivity index (χ2v) is 13.0. The zero-order chi connectivity index (χ0) is 32.1. The van der Waals surface area contributed by atoms with Gasteiger partial charge in [-0.05, 0) is 88.6 Å². The van der Waals surface area contributed by atoms with Crippen LogP contribution < -0.4 is 0 Å². The Hall–Kier alpha value is -6.58. The van der Waals surface area contributed by atoms with Crippen molar-refractivity contribution in [2.45, 2.75) is 0 Å². The van der Waals surface area contributed by atoms with Gasteiger partial charge in [0.1, 0.15) is 5.58 Å². The van der Waals surface area contributed by atoms with Gasteiger partial charge < -0.3 is 13.6 Å². The lowest BCUT2D eigenvalue weighted by atomic mass is 10.0. The normalized spacial score (nSPS) is 12.1. The number of rotatable bonds is 3. The van der Waals surface area contributed by atoms with Crippen LogP contribution in [0.25, 0.3) is 98.8 Å². The summed E-state index contributed by atoms with van der Waals surface area (Å²) in [7, 11) is 0. The average molecular weight is 625 g/mol. The van der Waals surface area contributed by atoms with Crippen molar-refractivity contribution >= 4 is 76.3 Å². The molecule has 3 heteroatoms. The highest BCUT2D eigenvalue weighted by atomic mass is 16.3. The van der Waals surface area contributed by atoms with Gasteiger partial charge in [-0.1, -0.05) is 103 Å². The van der Waals surface area contributed by atoms with Crippen LogP contribution in [0.5, 0.6) is 0 Å². The summed E-state index contributed by atoms with van der Waals surface area (Å²) >= 11 is 0. The van der Waals surface area contributed by atoms with Crippen molar-refractivity contribution in [3.63, 3.8) is 0 Å². The van der Waals surface area contributed by atoms with Gasteiger partial charge in [0, 0.05) is 43.7 Å². The average Bonchev–Trinajstić information content (AvgIpc) is 3.82. The molecule has 0 saturated heterocycles.